The molecule has 0 N–H and O–H groups in total. The van der Waals surface area contributed by atoms with Gasteiger partial charge < -0.3 is 9.30 Å². The Bertz CT molecular complexity index is 586. The van der Waals surface area contributed by atoms with Crippen LogP contribution in [0.1, 0.15) is 44.6 Å². The van der Waals surface area contributed by atoms with Gasteiger partial charge in [-0.15, -0.1) is 0 Å². The van der Waals surface area contributed by atoms with Crippen molar-refractivity contribution in [2.75, 3.05) is 7.11 Å². The van der Waals surface area contributed by atoms with Gasteiger partial charge in [0.15, 0.2) is 0 Å². The first-order chi connectivity index (χ1) is 10.3. The third-order valence-electron chi connectivity index (χ3n) is 3.94. The fraction of sp³-hybridized carbons (Fsp3) is 0.500. The van der Waals surface area contributed by atoms with Crippen LogP contribution in [0.3, 0.4) is 0 Å². The summed E-state index contributed by atoms with van der Waals surface area (Å²) in [5.41, 5.74) is 2.28. The largest absolute Gasteiger partial charge is 0.469 e. The van der Waals surface area contributed by atoms with Gasteiger partial charge in [-0.3, -0.25) is 4.79 Å². The molecule has 0 atom stereocenters. The quantitative estimate of drug-likeness (QED) is 0.534. The van der Waals surface area contributed by atoms with E-state index in [0.29, 0.717) is 6.42 Å². The van der Waals surface area contributed by atoms with E-state index < -0.39 is 0 Å². The lowest BCUT2D eigenvalue weighted by Gasteiger charge is -2.05. The number of aryl methyl sites for hydroxylation is 1. The van der Waals surface area contributed by atoms with Crippen molar-refractivity contribution in [2.45, 2.75) is 52.0 Å². The molecule has 0 bridgehead atoms. The van der Waals surface area contributed by atoms with E-state index >= 15 is 0 Å². The van der Waals surface area contributed by atoms with Gasteiger partial charge in [0.1, 0.15) is 0 Å². The van der Waals surface area contributed by atoms with Crippen LogP contribution in [-0.2, 0) is 22.5 Å². The summed E-state index contributed by atoms with van der Waals surface area (Å²) in [7, 11) is 1.44. The lowest BCUT2D eigenvalue weighted by molar-refractivity contribution is -0.139. The van der Waals surface area contributed by atoms with Gasteiger partial charge in [-0.25, -0.2) is 0 Å². The van der Waals surface area contributed by atoms with Gasteiger partial charge in [0, 0.05) is 23.6 Å². The van der Waals surface area contributed by atoms with E-state index in [9.17, 15) is 4.79 Å². The van der Waals surface area contributed by atoms with Crippen molar-refractivity contribution < 1.29 is 9.53 Å². The number of hydrogen-bond donors (Lipinski definition) is 0. The molecule has 114 valence electrons. The maximum atomic E-state index is 11.5. The predicted molar refractivity (Wildman–Crippen MR) is 86.4 cm³/mol. The van der Waals surface area contributed by atoms with Crippen LogP contribution in [0.4, 0.5) is 0 Å². The molecule has 0 spiro atoms. The molecule has 1 aromatic carbocycles. The average molecular weight is 287 g/mol. The van der Waals surface area contributed by atoms with Crippen molar-refractivity contribution >= 4 is 16.9 Å². The zero-order valence-electron chi connectivity index (χ0n) is 13.1. The number of fused-ring (bicyclic) bond motifs is 1. The first-order valence-electron chi connectivity index (χ1n) is 7.89. The molecule has 1 aromatic heterocycles. The van der Waals surface area contributed by atoms with Gasteiger partial charge in [0.05, 0.1) is 13.5 Å². The zero-order chi connectivity index (χ0) is 15.1. The van der Waals surface area contributed by atoms with Crippen LogP contribution in [0.25, 0.3) is 10.9 Å². The second kappa shape index (κ2) is 7.87. The van der Waals surface area contributed by atoms with Gasteiger partial charge in [-0.2, -0.15) is 0 Å². The number of aromatic nitrogens is 1. The highest BCUT2D eigenvalue weighted by Crippen LogP contribution is 2.22. The molecule has 0 aliphatic rings. The number of para-hydroxylation sites is 1. The monoisotopic (exact) mass is 287 g/mol. The van der Waals surface area contributed by atoms with Crippen molar-refractivity contribution in [1.29, 1.82) is 0 Å². The molecule has 21 heavy (non-hydrogen) atoms. The zero-order valence-corrected chi connectivity index (χ0v) is 13.1. The second-order valence-corrected chi connectivity index (χ2v) is 5.53. The lowest BCUT2D eigenvalue weighted by Crippen LogP contribution is -2.04. The van der Waals surface area contributed by atoms with E-state index in [1.807, 2.05) is 6.07 Å². The van der Waals surface area contributed by atoms with E-state index in [1.54, 1.807) is 0 Å². The molecule has 1 heterocycles. The summed E-state index contributed by atoms with van der Waals surface area (Å²) in [5.74, 6) is -0.180. The normalized spacial score (nSPS) is 11.0. The number of esters is 1. The molecule has 0 fully saturated rings. The van der Waals surface area contributed by atoms with Gasteiger partial charge >= 0.3 is 5.97 Å². The highest BCUT2D eigenvalue weighted by atomic mass is 16.5. The molecular weight excluding hydrogens is 262 g/mol. The maximum absolute atomic E-state index is 11.5. The molecule has 0 unspecified atom stereocenters. The molecule has 3 nitrogen and oxygen atoms in total. The minimum Gasteiger partial charge on any atom is -0.469 e. The molecule has 3 heteroatoms. The Morgan fingerprint density at radius 2 is 1.90 bits per heavy atom. The molecule has 0 amide bonds. The highest BCUT2D eigenvalue weighted by molar-refractivity contribution is 5.87. The topological polar surface area (TPSA) is 31.2 Å². The van der Waals surface area contributed by atoms with Crippen LogP contribution in [0.5, 0.6) is 0 Å². The summed E-state index contributed by atoms with van der Waals surface area (Å²) in [5, 5.41) is 1.16. The van der Waals surface area contributed by atoms with Crippen LogP contribution in [0.2, 0.25) is 0 Å². The number of carbonyl (C=O) groups excluding carboxylic acids is 1. The molecular formula is C18H25NO2. The second-order valence-electron chi connectivity index (χ2n) is 5.53. The Morgan fingerprint density at radius 1 is 1.14 bits per heavy atom. The molecule has 2 aromatic rings. The minimum atomic E-state index is -0.180. The molecule has 0 aliphatic carbocycles. The number of unbranched alkanes of at least 4 members (excludes halogenated alkanes) is 4. The third-order valence-corrected chi connectivity index (χ3v) is 3.94. The third kappa shape index (κ3) is 4.10. The Morgan fingerprint density at radius 3 is 2.67 bits per heavy atom. The molecule has 0 saturated heterocycles. The highest BCUT2D eigenvalue weighted by Gasteiger charge is 2.11. The predicted octanol–water partition coefficient (Wildman–Crippen LogP) is 4.33. The number of hydrogen-bond acceptors (Lipinski definition) is 2. The molecule has 2 rings (SSSR count). The fourth-order valence-electron chi connectivity index (χ4n) is 2.76. The van der Waals surface area contributed by atoms with E-state index in [2.05, 4.69) is 35.9 Å². The Balaban J connectivity index is 2.10. The number of benzene rings is 1. The van der Waals surface area contributed by atoms with E-state index in [4.69, 9.17) is 4.74 Å². The summed E-state index contributed by atoms with van der Waals surface area (Å²) in [4.78, 5) is 11.5. The maximum Gasteiger partial charge on any atom is 0.310 e. The van der Waals surface area contributed by atoms with Gasteiger partial charge in [0.2, 0.25) is 0 Å². The van der Waals surface area contributed by atoms with Crippen LogP contribution in [0, 0.1) is 0 Å². The number of ether oxygens (including phenoxy) is 1. The van der Waals surface area contributed by atoms with Crippen molar-refractivity contribution in [1.82, 2.24) is 4.57 Å². The fourth-order valence-corrected chi connectivity index (χ4v) is 2.76. The summed E-state index contributed by atoms with van der Waals surface area (Å²) in [6.07, 6.45) is 8.82. The van der Waals surface area contributed by atoms with E-state index in [-0.39, 0.29) is 5.97 Å². The van der Waals surface area contributed by atoms with Crippen LogP contribution in [0.15, 0.2) is 30.5 Å². The molecule has 0 saturated carbocycles. The Kier molecular flexibility index (Phi) is 5.85. The van der Waals surface area contributed by atoms with Crippen LogP contribution >= 0.6 is 0 Å². The first-order valence-corrected chi connectivity index (χ1v) is 7.89. The van der Waals surface area contributed by atoms with Crippen molar-refractivity contribution in [3.63, 3.8) is 0 Å². The summed E-state index contributed by atoms with van der Waals surface area (Å²) >= 11 is 0. The summed E-state index contributed by atoms with van der Waals surface area (Å²) < 4.78 is 7.07. The van der Waals surface area contributed by atoms with Crippen LogP contribution in [-0.4, -0.2) is 17.6 Å². The standard InChI is InChI=1S/C18H25NO2/c1-3-4-5-6-9-12-19-14-15(13-18(20)21-2)16-10-7-8-11-17(16)19/h7-8,10-11,14H,3-6,9,12-13H2,1-2H3. The number of nitrogens with zero attached hydrogens (tertiary/aromatic N) is 1. The van der Waals surface area contributed by atoms with Gasteiger partial charge in [0.25, 0.3) is 0 Å². The first kappa shape index (κ1) is 15.6. The minimum absolute atomic E-state index is 0.180. The van der Waals surface area contributed by atoms with Crippen molar-refractivity contribution in [3.8, 4) is 0 Å². The van der Waals surface area contributed by atoms with Gasteiger partial charge in [-0.1, -0.05) is 50.8 Å². The van der Waals surface area contributed by atoms with Crippen molar-refractivity contribution in [2.24, 2.45) is 0 Å². The Labute approximate surface area is 126 Å². The van der Waals surface area contributed by atoms with E-state index in [1.165, 1.54) is 44.7 Å². The summed E-state index contributed by atoms with van der Waals surface area (Å²) in [6.45, 7) is 3.25. The molecule has 0 aliphatic heterocycles. The van der Waals surface area contributed by atoms with Gasteiger partial charge in [-0.05, 0) is 18.1 Å². The number of methoxy groups -OCH3 is 1. The molecule has 0 radical (unpaired) electrons. The SMILES string of the molecule is CCCCCCCn1cc(CC(=O)OC)c2ccccc21. The average Bonchev–Trinajstić information content (AvgIpc) is 2.85. The van der Waals surface area contributed by atoms with E-state index in [0.717, 1.165) is 17.5 Å². The number of rotatable bonds is 8. The summed E-state index contributed by atoms with van der Waals surface area (Å²) in [6, 6.07) is 8.29. The van der Waals surface area contributed by atoms with Crippen LogP contribution < -0.4 is 0 Å². The Hall–Kier alpha value is -1.77. The van der Waals surface area contributed by atoms with Crippen molar-refractivity contribution in [3.05, 3.63) is 36.0 Å². The smallest absolute Gasteiger partial charge is 0.310 e. The number of carbonyl (C=O) groups is 1. The lowest BCUT2D eigenvalue weighted by atomic mass is 10.1.